The fourth-order valence-corrected chi connectivity index (χ4v) is 9.05. The highest BCUT2D eigenvalue weighted by Crippen LogP contribution is 2.41. The van der Waals surface area contributed by atoms with E-state index in [0.29, 0.717) is 0 Å². The van der Waals surface area contributed by atoms with Crippen LogP contribution >= 0.6 is 0 Å². The molecule has 1 aromatic carbocycles. The van der Waals surface area contributed by atoms with Gasteiger partial charge in [-0.05, 0) is 37.2 Å². The molecule has 1 unspecified atom stereocenters. The van der Waals surface area contributed by atoms with E-state index in [0.717, 1.165) is 24.3 Å². The third kappa shape index (κ3) is 4.89. The number of hydrogen-bond donors (Lipinski definition) is 1. The minimum Gasteiger partial charge on any atom is -0.385 e. The van der Waals surface area contributed by atoms with E-state index in [1.165, 1.54) is 50.2 Å². The SMILES string of the molecule is CCC(O)(C/C(=C\C1CCCCC1)[Si](CC)(CC)CC)c1ccccc1. The highest BCUT2D eigenvalue weighted by molar-refractivity contribution is 6.86. The van der Waals surface area contributed by atoms with Gasteiger partial charge in [-0.25, -0.2) is 0 Å². The summed E-state index contributed by atoms with van der Waals surface area (Å²) in [5.41, 5.74) is 0.364. The minimum absolute atomic E-state index is 0.723. The highest BCUT2D eigenvalue weighted by atomic mass is 28.3. The summed E-state index contributed by atoms with van der Waals surface area (Å²) in [4.78, 5) is 0. The summed E-state index contributed by atoms with van der Waals surface area (Å²) < 4.78 is 0. The fourth-order valence-electron chi connectivity index (χ4n) is 4.93. The van der Waals surface area contributed by atoms with Gasteiger partial charge in [0.25, 0.3) is 0 Å². The van der Waals surface area contributed by atoms with E-state index in [1.807, 2.05) is 6.07 Å². The van der Waals surface area contributed by atoms with Gasteiger partial charge in [0.2, 0.25) is 0 Å². The number of aliphatic hydroxyl groups is 1. The zero-order chi connectivity index (χ0) is 19.0. The Bertz CT molecular complexity index is 547. The highest BCUT2D eigenvalue weighted by Gasteiger charge is 2.38. The second kappa shape index (κ2) is 9.89. The Kier molecular flexibility index (Phi) is 8.16. The molecule has 146 valence electrons. The zero-order valence-corrected chi connectivity index (χ0v) is 18.6. The van der Waals surface area contributed by atoms with Gasteiger partial charge in [0.15, 0.2) is 0 Å². The lowest BCUT2D eigenvalue weighted by atomic mass is 9.85. The van der Waals surface area contributed by atoms with Gasteiger partial charge >= 0.3 is 0 Å². The van der Waals surface area contributed by atoms with Gasteiger partial charge in [0.1, 0.15) is 0 Å². The lowest BCUT2D eigenvalue weighted by Gasteiger charge is -2.38. The van der Waals surface area contributed by atoms with Crippen molar-refractivity contribution in [2.45, 2.75) is 96.4 Å². The summed E-state index contributed by atoms with van der Waals surface area (Å²) in [6.07, 6.45) is 11.1. The molecule has 1 aromatic rings. The molecule has 0 bridgehead atoms. The van der Waals surface area contributed by atoms with E-state index in [-0.39, 0.29) is 0 Å². The van der Waals surface area contributed by atoms with Crippen LogP contribution < -0.4 is 0 Å². The molecule has 1 saturated carbocycles. The van der Waals surface area contributed by atoms with Crippen LogP contribution in [0.3, 0.4) is 0 Å². The Labute approximate surface area is 162 Å². The Morgan fingerprint density at radius 1 is 1.00 bits per heavy atom. The summed E-state index contributed by atoms with van der Waals surface area (Å²) in [5, 5.41) is 13.3. The Morgan fingerprint density at radius 3 is 2.08 bits per heavy atom. The van der Waals surface area contributed by atoms with E-state index < -0.39 is 13.7 Å². The van der Waals surface area contributed by atoms with Crippen molar-refractivity contribution in [1.82, 2.24) is 0 Å². The van der Waals surface area contributed by atoms with Gasteiger partial charge in [0, 0.05) is 0 Å². The molecule has 1 fully saturated rings. The van der Waals surface area contributed by atoms with Crippen LogP contribution in [0.2, 0.25) is 18.1 Å². The second-order valence-corrected chi connectivity index (χ2v) is 13.7. The first-order chi connectivity index (χ1) is 12.5. The van der Waals surface area contributed by atoms with E-state index >= 15 is 0 Å². The van der Waals surface area contributed by atoms with Crippen molar-refractivity contribution in [3.05, 3.63) is 47.2 Å². The van der Waals surface area contributed by atoms with Crippen LogP contribution in [-0.2, 0) is 5.60 Å². The van der Waals surface area contributed by atoms with Crippen molar-refractivity contribution in [2.24, 2.45) is 5.92 Å². The largest absolute Gasteiger partial charge is 0.385 e. The fraction of sp³-hybridized carbons (Fsp3) is 0.667. The lowest BCUT2D eigenvalue weighted by Crippen LogP contribution is -2.39. The molecule has 0 heterocycles. The molecule has 1 N–H and O–H groups in total. The van der Waals surface area contributed by atoms with Gasteiger partial charge < -0.3 is 5.11 Å². The molecule has 0 aromatic heterocycles. The molecule has 2 heteroatoms. The van der Waals surface area contributed by atoms with Crippen molar-refractivity contribution in [2.75, 3.05) is 0 Å². The topological polar surface area (TPSA) is 20.2 Å². The molecule has 0 amide bonds. The standard InChI is InChI=1S/C24H40OSi/c1-5-24(25,22-17-13-10-14-18-22)20-23(26(6-2,7-3)8-4)19-21-15-11-9-12-16-21/h10,13-14,17-19,21,25H,5-9,11-12,15-16,20H2,1-4H3/b23-19+. The number of benzene rings is 1. The van der Waals surface area contributed by atoms with Crippen LogP contribution in [0.1, 0.15) is 78.2 Å². The Hall–Kier alpha value is -0.863. The average Bonchev–Trinajstić information content (AvgIpc) is 2.71. The predicted octanol–water partition coefficient (Wildman–Crippen LogP) is 7.23. The van der Waals surface area contributed by atoms with Crippen LogP contribution in [-0.4, -0.2) is 13.2 Å². The van der Waals surface area contributed by atoms with E-state index in [9.17, 15) is 5.11 Å². The molecular weight excluding hydrogens is 332 g/mol. The summed E-state index contributed by atoms with van der Waals surface area (Å²) in [6.45, 7) is 9.31. The number of hydrogen-bond acceptors (Lipinski definition) is 1. The van der Waals surface area contributed by atoms with Crippen molar-refractivity contribution in [3.63, 3.8) is 0 Å². The third-order valence-corrected chi connectivity index (χ3v) is 12.9. The first-order valence-corrected chi connectivity index (χ1v) is 13.6. The first kappa shape index (κ1) is 21.4. The number of rotatable bonds is 9. The van der Waals surface area contributed by atoms with Gasteiger partial charge in [-0.2, -0.15) is 0 Å². The van der Waals surface area contributed by atoms with Crippen LogP contribution in [0.4, 0.5) is 0 Å². The molecule has 1 aliphatic carbocycles. The molecule has 0 radical (unpaired) electrons. The Balaban J connectivity index is 2.40. The molecule has 0 saturated heterocycles. The predicted molar refractivity (Wildman–Crippen MR) is 117 cm³/mol. The monoisotopic (exact) mass is 372 g/mol. The summed E-state index contributed by atoms with van der Waals surface area (Å²) in [6, 6.07) is 14.3. The van der Waals surface area contributed by atoms with Gasteiger partial charge in [-0.1, -0.05) is 107 Å². The molecular formula is C24H40OSi. The summed E-state index contributed by atoms with van der Waals surface area (Å²) in [7, 11) is -1.49. The van der Waals surface area contributed by atoms with Crippen LogP contribution in [0.5, 0.6) is 0 Å². The molecule has 26 heavy (non-hydrogen) atoms. The molecule has 0 aliphatic heterocycles. The molecule has 1 aliphatic rings. The quantitative estimate of drug-likeness (QED) is 0.453. The van der Waals surface area contributed by atoms with Gasteiger partial charge in [-0.15, -0.1) is 0 Å². The maximum Gasteiger partial charge on any atom is 0.0927 e. The van der Waals surface area contributed by atoms with Crippen LogP contribution in [0, 0.1) is 5.92 Å². The minimum atomic E-state index is -1.49. The van der Waals surface area contributed by atoms with E-state index in [1.54, 1.807) is 5.20 Å². The van der Waals surface area contributed by atoms with Crippen LogP contribution in [0.15, 0.2) is 41.6 Å². The van der Waals surface area contributed by atoms with Gasteiger partial charge in [-0.3, -0.25) is 0 Å². The van der Waals surface area contributed by atoms with E-state index in [4.69, 9.17) is 0 Å². The maximum atomic E-state index is 11.6. The number of allylic oxidation sites excluding steroid dienone is 1. The van der Waals surface area contributed by atoms with Crippen molar-refractivity contribution >= 4 is 8.07 Å². The maximum absolute atomic E-state index is 11.6. The zero-order valence-electron chi connectivity index (χ0n) is 17.6. The smallest absolute Gasteiger partial charge is 0.0927 e. The molecule has 1 nitrogen and oxygen atoms in total. The van der Waals surface area contributed by atoms with Gasteiger partial charge in [0.05, 0.1) is 13.7 Å². The third-order valence-electron chi connectivity index (χ3n) is 7.18. The Morgan fingerprint density at radius 2 is 1.58 bits per heavy atom. The molecule has 1 atom stereocenters. The summed E-state index contributed by atoms with van der Waals surface area (Å²) >= 11 is 0. The molecule has 0 spiro atoms. The first-order valence-electron chi connectivity index (χ1n) is 11.0. The second-order valence-electron chi connectivity index (χ2n) is 8.36. The lowest BCUT2D eigenvalue weighted by molar-refractivity contribution is 0.0339. The average molecular weight is 373 g/mol. The van der Waals surface area contributed by atoms with Crippen molar-refractivity contribution in [1.29, 1.82) is 0 Å². The van der Waals surface area contributed by atoms with Crippen molar-refractivity contribution in [3.8, 4) is 0 Å². The van der Waals surface area contributed by atoms with Crippen LogP contribution in [0.25, 0.3) is 0 Å². The molecule has 2 rings (SSSR count). The summed E-state index contributed by atoms with van der Waals surface area (Å²) in [5.74, 6) is 0.743. The normalized spacial score (nSPS) is 19.3. The van der Waals surface area contributed by atoms with E-state index in [2.05, 4.69) is 58.0 Å². The van der Waals surface area contributed by atoms with Crippen molar-refractivity contribution < 1.29 is 5.11 Å².